The number of hydrogen-bond donors (Lipinski definition) is 2. The molecule has 1 aromatic carbocycles. The van der Waals surface area contributed by atoms with Crippen molar-refractivity contribution in [1.82, 2.24) is 4.98 Å². The zero-order valence-corrected chi connectivity index (χ0v) is 10.1. The first-order valence-electron chi connectivity index (χ1n) is 5.65. The minimum atomic E-state index is 0.584. The fourth-order valence-corrected chi connectivity index (χ4v) is 1.66. The lowest BCUT2D eigenvalue weighted by atomic mass is 10.2. The number of nitrogens with zero attached hydrogens (tertiary/aromatic N) is 2. The number of nitrogens with one attached hydrogen (secondary N) is 1. The van der Waals surface area contributed by atoms with Gasteiger partial charge in [-0.3, -0.25) is 4.98 Å². The molecule has 18 heavy (non-hydrogen) atoms. The molecule has 2 rings (SSSR count). The number of aromatic nitrogens is 1. The van der Waals surface area contributed by atoms with Crippen molar-refractivity contribution < 1.29 is 0 Å². The fourth-order valence-electron chi connectivity index (χ4n) is 1.66. The molecule has 1 heterocycles. The van der Waals surface area contributed by atoms with Crippen LogP contribution in [0.25, 0.3) is 0 Å². The van der Waals surface area contributed by atoms with Gasteiger partial charge in [-0.15, -0.1) is 0 Å². The molecule has 0 aliphatic carbocycles. The fraction of sp³-hybridized carbons (Fsp3) is 0.143. The minimum absolute atomic E-state index is 0.584. The van der Waals surface area contributed by atoms with Crippen LogP contribution in [0.5, 0.6) is 0 Å². The van der Waals surface area contributed by atoms with Gasteiger partial charge in [0.15, 0.2) is 0 Å². The van der Waals surface area contributed by atoms with E-state index in [1.165, 1.54) is 0 Å². The number of nitrogens with two attached hydrogens (primary N) is 1. The van der Waals surface area contributed by atoms with E-state index in [1.807, 2.05) is 25.1 Å². The Labute approximate surface area is 106 Å². The van der Waals surface area contributed by atoms with Crippen molar-refractivity contribution in [3.8, 4) is 6.07 Å². The Hall–Kier alpha value is -2.54. The van der Waals surface area contributed by atoms with E-state index in [2.05, 4.69) is 16.4 Å². The molecule has 0 fully saturated rings. The highest BCUT2D eigenvalue weighted by atomic mass is 14.9. The molecule has 0 saturated heterocycles. The zero-order valence-electron chi connectivity index (χ0n) is 10.1. The van der Waals surface area contributed by atoms with Crippen LogP contribution < -0.4 is 11.1 Å². The van der Waals surface area contributed by atoms with Crippen molar-refractivity contribution >= 4 is 11.4 Å². The minimum Gasteiger partial charge on any atom is -0.397 e. The Morgan fingerprint density at radius 1 is 1.33 bits per heavy atom. The smallest absolute Gasteiger partial charge is 0.0992 e. The van der Waals surface area contributed by atoms with Crippen LogP contribution in [0.15, 0.2) is 36.4 Å². The molecule has 0 amide bonds. The van der Waals surface area contributed by atoms with E-state index >= 15 is 0 Å². The van der Waals surface area contributed by atoms with Gasteiger partial charge < -0.3 is 11.1 Å². The van der Waals surface area contributed by atoms with E-state index in [0.717, 1.165) is 17.1 Å². The summed E-state index contributed by atoms with van der Waals surface area (Å²) >= 11 is 0. The lowest BCUT2D eigenvalue weighted by Gasteiger charge is -2.09. The maximum absolute atomic E-state index is 8.84. The topological polar surface area (TPSA) is 74.7 Å². The second kappa shape index (κ2) is 5.19. The quantitative estimate of drug-likeness (QED) is 0.805. The third-order valence-corrected chi connectivity index (χ3v) is 2.59. The van der Waals surface area contributed by atoms with Gasteiger partial charge in [0.2, 0.25) is 0 Å². The van der Waals surface area contributed by atoms with E-state index in [4.69, 9.17) is 11.0 Å². The third kappa shape index (κ3) is 2.77. The number of nitriles is 1. The number of rotatable bonds is 3. The number of nitrogen functional groups attached to an aromatic ring is 1. The summed E-state index contributed by atoms with van der Waals surface area (Å²) in [6, 6.07) is 13.1. The largest absolute Gasteiger partial charge is 0.397 e. The lowest BCUT2D eigenvalue weighted by molar-refractivity contribution is 1.02. The molecule has 0 bridgehead atoms. The van der Waals surface area contributed by atoms with Crippen LogP contribution in [-0.4, -0.2) is 4.98 Å². The van der Waals surface area contributed by atoms with Gasteiger partial charge in [0, 0.05) is 5.69 Å². The molecule has 0 saturated carbocycles. The SMILES string of the molecule is Cc1cccc(CNc2cc(C#N)ccc2N)n1. The van der Waals surface area contributed by atoms with Gasteiger partial charge in [0.1, 0.15) is 0 Å². The van der Waals surface area contributed by atoms with Crippen LogP contribution in [-0.2, 0) is 6.54 Å². The Bertz CT molecular complexity index is 599. The monoisotopic (exact) mass is 238 g/mol. The van der Waals surface area contributed by atoms with Crippen molar-refractivity contribution in [3.05, 3.63) is 53.3 Å². The zero-order chi connectivity index (χ0) is 13.0. The first kappa shape index (κ1) is 11.9. The summed E-state index contributed by atoms with van der Waals surface area (Å²) < 4.78 is 0. The van der Waals surface area contributed by atoms with Gasteiger partial charge in [-0.25, -0.2) is 0 Å². The standard InChI is InChI=1S/C14H14N4/c1-10-3-2-4-12(18-10)9-17-14-7-11(8-15)5-6-13(14)16/h2-7,17H,9,16H2,1H3. The van der Waals surface area contributed by atoms with Crippen LogP contribution in [0.1, 0.15) is 17.0 Å². The summed E-state index contributed by atoms with van der Waals surface area (Å²) in [6.07, 6.45) is 0. The predicted octanol–water partition coefficient (Wildman–Crippen LogP) is 2.46. The summed E-state index contributed by atoms with van der Waals surface area (Å²) in [5.41, 5.74) is 9.74. The predicted molar refractivity (Wildman–Crippen MR) is 71.9 cm³/mol. The molecule has 3 N–H and O–H groups in total. The summed E-state index contributed by atoms with van der Waals surface area (Å²) in [4.78, 5) is 4.39. The van der Waals surface area contributed by atoms with Crippen molar-refractivity contribution in [2.75, 3.05) is 11.1 Å². The first-order chi connectivity index (χ1) is 8.69. The number of anilines is 2. The molecule has 2 aromatic rings. The summed E-state index contributed by atoms with van der Waals surface area (Å²) in [5.74, 6) is 0. The number of pyridine rings is 1. The van der Waals surface area contributed by atoms with E-state index in [0.29, 0.717) is 17.8 Å². The van der Waals surface area contributed by atoms with Crippen molar-refractivity contribution in [1.29, 1.82) is 5.26 Å². The maximum atomic E-state index is 8.84. The second-order valence-electron chi connectivity index (χ2n) is 4.04. The van der Waals surface area contributed by atoms with E-state index < -0.39 is 0 Å². The Balaban J connectivity index is 2.13. The Morgan fingerprint density at radius 2 is 2.17 bits per heavy atom. The van der Waals surface area contributed by atoms with Crippen LogP contribution in [0.2, 0.25) is 0 Å². The van der Waals surface area contributed by atoms with Crippen molar-refractivity contribution in [3.63, 3.8) is 0 Å². The highest BCUT2D eigenvalue weighted by Crippen LogP contribution is 2.20. The molecule has 0 spiro atoms. The first-order valence-corrected chi connectivity index (χ1v) is 5.65. The second-order valence-corrected chi connectivity index (χ2v) is 4.04. The van der Waals surface area contributed by atoms with Gasteiger partial charge >= 0.3 is 0 Å². The average molecular weight is 238 g/mol. The molecular weight excluding hydrogens is 224 g/mol. The molecule has 90 valence electrons. The van der Waals surface area contributed by atoms with Crippen LogP contribution in [0, 0.1) is 18.3 Å². The van der Waals surface area contributed by atoms with Crippen LogP contribution in [0.4, 0.5) is 11.4 Å². The molecule has 0 unspecified atom stereocenters. The average Bonchev–Trinajstić information content (AvgIpc) is 2.38. The Morgan fingerprint density at radius 3 is 2.89 bits per heavy atom. The molecule has 4 heteroatoms. The van der Waals surface area contributed by atoms with Gasteiger partial charge in [-0.1, -0.05) is 6.07 Å². The maximum Gasteiger partial charge on any atom is 0.0992 e. The Kier molecular flexibility index (Phi) is 3.44. The van der Waals surface area contributed by atoms with Crippen LogP contribution >= 0.6 is 0 Å². The lowest BCUT2D eigenvalue weighted by Crippen LogP contribution is -2.04. The van der Waals surface area contributed by atoms with Gasteiger partial charge in [-0.05, 0) is 37.3 Å². The van der Waals surface area contributed by atoms with E-state index in [-0.39, 0.29) is 0 Å². The number of aryl methyl sites for hydroxylation is 1. The normalized spacial score (nSPS) is 9.78. The van der Waals surface area contributed by atoms with Gasteiger partial charge in [0.05, 0.1) is 35.2 Å². The molecule has 0 aliphatic rings. The molecule has 1 aromatic heterocycles. The highest BCUT2D eigenvalue weighted by molar-refractivity contribution is 5.68. The highest BCUT2D eigenvalue weighted by Gasteiger charge is 2.01. The van der Waals surface area contributed by atoms with Gasteiger partial charge in [0.25, 0.3) is 0 Å². The van der Waals surface area contributed by atoms with E-state index in [9.17, 15) is 0 Å². The van der Waals surface area contributed by atoms with Gasteiger partial charge in [-0.2, -0.15) is 5.26 Å². The third-order valence-electron chi connectivity index (χ3n) is 2.59. The number of hydrogen-bond acceptors (Lipinski definition) is 4. The van der Waals surface area contributed by atoms with Crippen molar-refractivity contribution in [2.24, 2.45) is 0 Å². The molecule has 0 aliphatic heterocycles. The summed E-state index contributed by atoms with van der Waals surface area (Å²) in [7, 11) is 0. The number of benzene rings is 1. The molecule has 0 radical (unpaired) electrons. The molecule has 0 atom stereocenters. The summed E-state index contributed by atoms with van der Waals surface area (Å²) in [6.45, 7) is 2.54. The molecule has 4 nitrogen and oxygen atoms in total. The van der Waals surface area contributed by atoms with Crippen molar-refractivity contribution in [2.45, 2.75) is 13.5 Å². The molecular formula is C14H14N4. The summed E-state index contributed by atoms with van der Waals surface area (Å²) in [5, 5.41) is 12.0. The van der Waals surface area contributed by atoms with E-state index in [1.54, 1.807) is 18.2 Å². The van der Waals surface area contributed by atoms with Crippen LogP contribution in [0.3, 0.4) is 0 Å².